The summed E-state index contributed by atoms with van der Waals surface area (Å²) in [5.74, 6) is -0.307. The number of nitrogens with zero attached hydrogens (tertiary/aromatic N) is 2. The molecule has 0 radical (unpaired) electrons. The fourth-order valence-corrected chi connectivity index (χ4v) is 6.32. The number of benzene rings is 2. The summed E-state index contributed by atoms with van der Waals surface area (Å²) in [5, 5.41) is 0. The highest BCUT2D eigenvalue weighted by Crippen LogP contribution is 2.31. The number of rotatable bonds is 13. The van der Waals surface area contributed by atoms with Gasteiger partial charge >= 0.3 is 11.9 Å². The first-order chi connectivity index (χ1) is 22.1. The van der Waals surface area contributed by atoms with Crippen molar-refractivity contribution in [2.24, 2.45) is 11.3 Å². The lowest BCUT2D eigenvalue weighted by Crippen LogP contribution is -2.54. The van der Waals surface area contributed by atoms with Crippen LogP contribution < -0.4 is 9.47 Å². The first-order valence-electron chi connectivity index (χ1n) is 16.5. The van der Waals surface area contributed by atoms with Gasteiger partial charge in [-0.3, -0.25) is 29.0 Å². The van der Waals surface area contributed by atoms with E-state index in [1.807, 2.05) is 34.6 Å². The van der Waals surface area contributed by atoms with Crippen LogP contribution in [0.3, 0.4) is 0 Å². The molecule has 256 valence electrons. The molecule has 2 heterocycles. The van der Waals surface area contributed by atoms with Crippen molar-refractivity contribution >= 4 is 23.5 Å². The lowest BCUT2D eigenvalue weighted by Gasteiger charge is -2.39. The molecule has 2 aliphatic rings. The lowest BCUT2D eigenvalue weighted by molar-refractivity contribution is -0.146. The van der Waals surface area contributed by atoms with Gasteiger partial charge in [-0.05, 0) is 102 Å². The van der Waals surface area contributed by atoms with Gasteiger partial charge < -0.3 is 18.9 Å². The first-order valence-corrected chi connectivity index (χ1v) is 16.5. The smallest absolute Gasteiger partial charge is 0.316 e. The molecule has 2 aromatic carbocycles. The Morgan fingerprint density at radius 3 is 1.45 bits per heavy atom. The monoisotopic (exact) mass is 650 g/mol. The molecule has 0 aliphatic carbocycles. The molecule has 0 bridgehead atoms. The standard InChI is InChI=1S/C37H50N2O8/c1-26(24-31(40)46-29-12-8-27(9-13-29)32(41)36(4,5)38-16-20-44-21-17-38)25-35(2,3)34(43)47-30-14-10-28(11-15-30)33(42)37(6,7)39-18-22-45-23-19-39/h8-15,26H,16-25H2,1-7H3. The molecule has 0 N–H and O–H groups in total. The summed E-state index contributed by atoms with van der Waals surface area (Å²) in [4.78, 5) is 56.6. The Bertz CT molecular complexity index is 1400. The van der Waals surface area contributed by atoms with Gasteiger partial charge in [-0.15, -0.1) is 0 Å². The normalized spacial score (nSPS) is 17.5. The molecule has 47 heavy (non-hydrogen) atoms. The van der Waals surface area contributed by atoms with E-state index in [2.05, 4.69) is 9.80 Å². The van der Waals surface area contributed by atoms with Crippen LogP contribution in [0.5, 0.6) is 11.5 Å². The molecule has 1 unspecified atom stereocenters. The minimum Gasteiger partial charge on any atom is -0.427 e. The second-order valence-corrected chi connectivity index (χ2v) is 14.3. The van der Waals surface area contributed by atoms with Crippen LogP contribution in [0, 0.1) is 11.3 Å². The molecule has 10 heteroatoms. The van der Waals surface area contributed by atoms with E-state index in [0.29, 0.717) is 81.7 Å². The van der Waals surface area contributed by atoms with Gasteiger partial charge in [0.15, 0.2) is 11.6 Å². The number of ether oxygens (including phenoxy) is 4. The summed E-state index contributed by atoms with van der Waals surface area (Å²) >= 11 is 0. The van der Waals surface area contributed by atoms with E-state index in [-0.39, 0.29) is 23.9 Å². The van der Waals surface area contributed by atoms with Crippen molar-refractivity contribution in [3.05, 3.63) is 59.7 Å². The zero-order valence-electron chi connectivity index (χ0n) is 28.9. The molecule has 0 amide bonds. The second-order valence-electron chi connectivity index (χ2n) is 14.3. The van der Waals surface area contributed by atoms with Gasteiger partial charge in [0, 0.05) is 43.7 Å². The van der Waals surface area contributed by atoms with Crippen LogP contribution in [0.1, 0.15) is 82.0 Å². The maximum absolute atomic E-state index is 13.3. The number of morpholine rings is 2. The van der Waals surface area contributed by atoms with Gasteiger partial charge in [-0.2, -0.15) is 0 Å². The van der Waals surface area contributed by atoms with Crippen LogP contribution in [-0.2, 0) is 19.1 Å². The summed E-state index contributed by atoms with van der Waals surface area (Å²) in [6.45, 7) is 18.3. The molecule has 2 fully saturated rings. The molecule has 2 aromatic rings. The quantitative estimate of drug-likeness (QED) is 0.162. The van der Waals surface area contributed by atoms with Crippen LogP contribution in [0.25, 0.3) is 0 Å². The Hall–Kier alpha value is -3.44. The SMILES string of the molecule is CC(CC(=O)Oc1ccc(C(=O)C(C)(C)N2CCOCC2)cc1)CC(C)(C)C(=O)Oc1ccc(C(=O)C(C)(C)N2CCOCC2)cc1. The fraction of sp³-hybridized carbons (Fsp3) is 0.568. The third-order valence-corrected chi connectivity index (χ3v) is 9.32. The van der Waals surface area contributed by atoms with E-state index >= 15 is 0 Å². The Kier molecular flexibility index (Phi) is 11.8. The summed E-state index contributed by atoms with van der Waals surface area (Å²) in [7, 11) is 0. The van der Waals surface area contributed by atoms with Crippen molar-refractivity contribution in [3.63, 3.8) is 0 Å². The number of esters is 2. The molecule has 2 saturated heterocycles. The largest absolute Gasteiger partial charge is 0.427 e. The highest BCUT2D eigenvalue weighted by atomic mass is 16.5. The summed E-state index contributed by atoms with van der Waals surface area (Å²) in [6.07, 6.45) is 0.506. The number of Topliss-reactive ketones (excluding diaryl/α,β-unsaturated/α-hetero) is 2. The number of carbonyl (C=O) groups excluding carboxylic acids is 4. The van der Waals surface area contributed by atoms with Crippen molar-refractivity contribution in [1.82, 2.24) is 9.80 Å². The van der Waals surface area contributed by atoms with Crippen LogP contribution in [-0.4, -0.2) is 97.0 Å². The minimum absolute atomic E-state index is 0.00262. The van der Waals surface area contributed by atoms with E-state index < -0.39 is 28.4 Å². The number of hydrogen-bond donors (Lipinski definition) is 0. The number of carbonyl (C=O) groups is 4. The predicted molar refractivity (Wildman–Crippen MR) is 178 cm³/mol. The highest BCUT2D eigenvalue weighted by Gasteiger charge is 2.37. The number of ketones is 2. The molecule has 0 saturated carbocycles. The molecule has 0 aromatic heterocycles. The van der Waals surface area contributed by atoms with Gasteiger partial charge in [0.2, 0.25) is 0 Å². The average Bonchev–Trinajstić information content (AvgIpc) is 3.05. The Balaban J connectivity index is 1.26. The highest BCUT2D eigenvalue weighted by molar-refractivity contribution is 6.03. The van der Waals surface area contributed by atoms with Gasteiger partial charge in [-0.1, -0.05) is 6.92 Å². The van der Waals surface area contributed by atoms with Crippen molar-refractivity contribution in [2.75, 3.05) is 52.6 Å². The molecular formula is C37H50N2O8. The molecule has 0 spiro atoms. The summed E-state index contributed by atoms with van der Waals surface area (Å²) in [5.41, 5.74) is -1.13. The Labute approximate surface area is 278 Å². The molecule has 4 rings (SSSR count). The van der Waals surface area contributed by atoms with E-state index in [0.717, 1.165) is 0 Å². The zero-order chi connectivity index (χ0) is 34.4. The summed E-state index contributed by atoms with van der Waals surface area (Å²) < 4.78 is 22.1. The van der Waals surface area contributed by atoms with E-state index in [4.69, 9.17) is 18.9 Å². The summed E-state index contributed by atoms with van der Waals surface area (Å²) in [6, 6.07) is 13.3. The second kappa shape index (κ2) is 15.2. The minimum atomic E-state index is -0.873. The molecule has 10 nitrogen and oxygen atoms in total. The van der Waals surface area contributed by atoms with Gasteiger partial charge in [0.1, 0.15) is 11.5 Å². The van der Waals surface area contributed by atoms with Crippen molar-refractivity contribution < 1.29 is 38.1 Å². The van der Waals surface area contributed by atoms with E-state index in [1.54, 1.807) is 62.4 Å². The van der Waals surface area contributed by atoms with Gasteiger partial charge in [0.25, 0.3) is 0 Å². The molecule has 1 atom stereocenters. The third kappa shape index (κ3) is 9.13. The lowest BCUT2D eigenvalue weighted by atomic mass is 9.82. The fourth-order valence-electron chi connectivity index (χ4n) is 6.32. The molecular weight excluding hydrogens is 600 g/mol. The van der Waals surface area contributed by atoms with Crippen LogP contribution in [0.2, 0.25) is 0 Å². The Morgan fingerprint density at radius 2 is 1.04 bits per heavy atom. The number of hydrogen-bond acceptors (Lipinski definition) is 10. The van der Waals surface area contributed by atoms with Crippen LogP contribution in [0.4, 0.5) is 0 Å². The van der Waals surface area contributed by atoms with Crippen LogP contribution in [0.15, 0.2) is 48.5 Å². The predicted octanol–water partition coefficient (Wildman–Crippen LogP) is 5.23. The van der Waals surface area contributed by atoms with Gasteiger partial charge in [0.05, 0.1) is 42.9 Å². The average molecular weight is 651 g/mol. The zero-order valence-corrected chi connectivity index (χ0v) is 28.9. The maximum Gasteiger partial charge on any atom is 0.316 e. The topological polar surface area (TPSA) is 112 Å². The third-order valence-electron chi connectivity index (χ3n) is 9.32. The van der Waals surface area contributed by atoms with E-state index in [9.17, 15) is 19.2 Å². The molecule has 2 aliphatic heterocycles. The maximum atomic E-state index is 13.3. The van der Waals surface area contributed by atoms with E-state index in [1.165, 1.54) is 0 Å². The first kappa shape index (κ1) is 36.4. The van der Waals surface area contributed by atoms with Crippen LogP contribution >= 0.6 is 0 Å². The Morgan fingerprint density at radius 1 is 0.660 bits per heavy atom. The van der Waals surface area contributed by atoms with Crippen molar-refractivity contribution in [1.29, 1.82) is 0 Å². The van der Waals surface area contributed by atoms with Gasteiger partial charge in [-0.25, -0.2) is 0 Å². The van der Waals surface area contributed by atoms with Crippen molar-refractivity contribution in [3.8, 4) is 11.5 Å². The van der Waals surface area contributed by atoms with Crippen molar-refractivity contribution in [2.45, 2.75) is 72.4 Å².